The van der Waals surface area contributed by atoms with Crippen molar-refractivity contribution in [2.45, 2.75) is 29.9 Å². The number of benzene rings is 1. The second-order valence-electron chi connectivity index (χ2n) is 5.36. The summed E-state index contributed by atoms with van der Waals surface area (Å²) in [6.45, 7) is 1.96. The lowest BCUT2D eigenvalue weighted by atomic mass is 10.2. The van der Waals surface area contributed by atoms with E-state index in [-0.39, 0.29) is 17.1 Å². The monoisotopic (exact) mass is 376 g/mol. The third-order valence-electron chi connectivity index (χ3n) is 3.66. The first kappa shape index (κ1) is 19.7. The van der Waals surface area contributed by atoms with Gasteiger partial charge >= 0.3 is 11.9 Å². The van der Waals surface area contributed by atoms with Crippen LogP contribution < -0.4 is 0 Å². The molecular formula is C18H20N2O5S. The molecule has 1 heterocycles. The molecule has 26 heavy (non-hydrogen) atoms. The summed E-state index contributed by atoms with van der Waals surface area (Å²) in [5, 5.41) is -0.516. The third kappa shape index (κ3) is 4.32. The van der Waals surface area contributed by atoms with Gasteiger partial charge in [0.15, 0.2) is 5.69 Å². The zero-order chi connectivity index (χ0) is 19.1. The number of nitrogens with zero attached hydrogens (tertiary/aromatic N) is 2. The van der Waals surface area contributed by atoms with E-state index in [1.807, 2.05) is 13.0 Å². The van der Waals surface area contributed by atoms with Crippen LogP contribution in [0.5, 0.6) is 0 Å². The van der Waals surface area contributed by atoms with Crippen LogP contribution in [0.2, 0.25) is 0 Å². The maximum atomic E-state index is 13.0. The highest BCUT2D eigenvalue weighted by molar-refractivity contribution is 7.85. The van der Waals surface area contributed by atoms with Crippen molar-refractivity contribution in [2.24, 2.45) is 0 Å². The first-order valence-electron chi connectivity index (χ1n) is 8.02. The molecule has 7 nitrogen and oxygen atoms in total. The van der Waals surface area contributed by atoms with Gasteiger partial charge in [0.05, 0.1) is 30.3 Å². The summed E-state index contributed by atoms with van der Waals surface area (Å²) in [5.74, 6) is -1.30. The van der Waals surface area contributed by atoms with Crippen LogP contribution in [-0.2, 0) is 20.3 Å². The first-order chi connectivity index (χ1) is 12.5. The molecule has 138 valence electrons. The summed E-state index contributed by atoms with van der Waals surface area (Å²) >= 11 is 0. The van der Waals surface area contributed by atoms with E-state index < -0.39 is 28.0 Å². The standard InChI is InChI=1S/C18H20N2O5S/c1-4-8-14(26(23)12-9-6-5-7-10-12)16-19-11-13(17(21)24-2)15(20-16)18(22)25-3/h5-7,9-11,14H,4,8H2,1-3H3. The Labute approximate surface area is 154 Å². The molecule has 0 spiro atoms. The Kier molecular flexibility index (Phi) is 6.97. The van der Waals surface area contributed by atoms with Gasteiger partial charge in [0.2, 0.25) is 0 Å². The number of ether oxygens (including phenoxy) is 2. The molecule has 1 aromatic heterocycles. The molecule has 0 aliphatic carbocycles. The van der Waals surface area contributed by atoms with Crippen molar-refractivity contribution < 1.29 is 23.3 Å². The van der Waals surface area contributed by atoms with Gasteiger partial charge in [-0.15, -0.1) is 0 Å². The lowest BCUT2D eigenvalue weighted by Crippen LogP contribution is -2.19. The van der Waals surface area contributed by atoms with Gasteiger partial charge < -0.3 is 9.47 Å². The highest BCUT2D eigenvalue weighted by Crippen LogP contribution is 2.28. The highest BCUT2D eigenvalue weighted by Gasteiger charge is 2.27. The second-order valence-corrected chi connectivity index (χ2v) is 7.00. The highest BCUT2D eigenvalue weighted by atomic mass is 32.2. The molecule has 1 aromatic carbocycles. The molecule has 8 heteroatoms. The summed E-state index contributed by atoms with van der Waals surface area (Å²) in [6.07, 6.45) is 2.52. The Hall–Kier alpha value is -2.61. The molecule has 2 atom stereocenters. The molecule has 0 saturated heterocycles. The van der Waals surface area contributed by atoms with Crippen molar-refractivity contribution >= 4 is 22.7 Å². The van der Waals surface area contributed by atoms with E-state index in [1.165, 1.54) is 20.4 Å². The molecule has 0 amide bonds. The van der Waals surface area contributed by atoms with Crippen LogP contribution in [0.3, 0.4) is 0 Å². The fourth-order valence-electron chi connectivity index (χ4n) is 2.38. The van der Waals surface area contributed by atoms with Crippen molar-refractivity contribution in [2.75, 3.05) is 14.2 Å². The number of methoxy groups -OCH3 is 2. The van der Waals surface area contributed by atoms with Crippen LogP contribution in [0.1, 0.15) is 51.7 Å². The van der Waals surface area contributed by atoms with Gasteiger partial charge in [-0.1, -0.05) is 31.5 Å². The molecule has 0 saturated carbocycles. The third-order valence-corrected chi connectivity index (χ3v) is 5.36. The normalized spacial score (nSPS) is 12.9. The Balaban J connectivity index is 2.50. The largest absolute Gasteiger partial charge is 0.465 e. The predicted molar refractivity (Wildman–Crippen MR) is 95.2 cm³/mol. The molecule has 0 aliphatic rings. The molecular weight excluding hydrogens is 356 g/mol. The Morgan fingerprint density at radius 2 is 1.77 bits per heavy atom. The van der Waals surface area contributed by atoms with Crippen LogP contribution in [-0.4, -0.2) is 40.3 Å². The Morgan fingerprint density at radius 3 is 2.35 bits per heavy atom. The number of carbonyl (C=O) groups excluding carboxylic acids is 2. The molecule has 0 aliphatic heterocycles. The minimum atomic E-state index is -1.41. The van der Waals surface area contributed by atoms with Gasteiger partial charge in [-0.25, -0.2) is 19.6 Å². The van der Waals surface area contributed by atoms with E-state index in [0.29, 0.717) is 11.3 Å². The lowest BCUT2D eigenvalue weighted by molar-refractivity contribution is 0.0548. The van der Waals surface area contributed by atoms with E-state index in [0.717, 1.165) is 6.42 Å². The predicted octanol–water partition coefficient (Wildman–Crippen LogP) is 2.70. The molecule has 2 aromatic rings. The zero-order valence-electron chi connectivity index (χ0n) is 14.8. The van der Waals surface area contributed by atoms with Gasteiger partial charge in [-0.05, 0) is 18.6 Å². The maximum absolute atomic E-state index is 13.0. The van der Waals surface area contributed by atoms with Crippen molar-refractivity contribution in [1.29, 1.82) is 0 Å². The van der Waals surface area contributed by atoms with Gasteiger partial charge in [-0.2, -0.15) is 0 Å². The summed E-state index contributed by atoms with van der Waals surface area (Å²) in [6, 6.07) is 8.98. The van der Waals surface area contributed by atoms with Crippen LogP contribution in [0.4, 0.5) is 0 Å². The number of hydrogen-bond donors (Lipinski definition) is 0. The molecule has 0 N–H and O–H groups in total. The molecule has 0 radical (unpaired) electrons. The Morgan fingerprint density at radius 1 is 1.12 bits per heavy atom. The van der Waals surface area contributed by atoms with E-state index in [4.69, 9.17) is 4.74 Å². The van der Waals surface area contributed by atoms with Crippen LogP contribution >= 0.6 is 0 Å². The summed E-state index contributed by atoms with van der Waals surface area (Å²) in [5.41, 5.74) is -0.292. The fourth-order valence-corrected chi connectivity index (χ4v) is 3.88. The van der Waals surface area contributed by atoms with Crippen LogP contribution in [0.15, 0.2) is 41.4 Å². The van der Waals surface area contributed by atoms with E-state index in [2.05, 4.69) is 14.7 Å². The van der Waals surface area contributed by atoms with Crippen molar-refractivity contribution in [3.8, 4) is 0 Å². The van der Waals surface area contributed by atoms with Crippen LogP contribution in [0.25, 0.3) is 0 Å². The quantitative estimate of drug-likeness (QED) is 0.686. The van der Waals surface area contributed by atoms with Crippen molar-refractivity contribution in [1.82, 2.24) is 9.97 Å². The molecule has 0 fully saturated rings. The Bertz CT molecular complexity index is 810. The van der Waals surface area contributed by atoms with E-state index in [9.17, 15) is 13.8 Å². The smallest absolute Gasteiger partial charge is 0.357 e. The SMILES string of the molecule is CCCC(c1ncc(C(=O)OC)c(C(=O)OC)n1)S(=O)c1ccccc1. The number of hydrogen-bond acceptors (Lipinski definition) is 7. The second kappa shape index (κ2) is 9.19. The summed E-state index contributed by atoms with van der Waals surface area (Å²) in [4.78, 5) is 32.9. The summed E-state index contributed by atoms with van der Waals surface area (Å²) in [7, 11) is 0.979. The first-order valence-corrected chi connectivity index (χ1v) is 9.23. The van der Waals surface area contributed by atoms with E-state index >= 15 is 0 Å². The lowest BCUT2D eigenvalue weighted by Gasteiger charge is -2.16. The maximum Gasteiger partial charge on any atom is 0.357 e. The number of rotatable bonds is 7. The average molecular weight is 376 g/mol. The summed E-state index contributed by atoms with van der Waals surface area (Å²) < 4.78 is 22.3. The topological polar surface area (TPSA) is 95.4 Å². The minimum Gasteiger partial charge on any atom is -0.465 e. The number of carbonyl (C=O) groups is 2. The average Bonchev–Trinajstić information content (AvgIpc) is 2.70. The molecule has 0 bridgehead atoms. The molecule has 2 unspecified atom stereocenters. The zero-order valence-corrected chi connectivity index (χ0v) is 15.6. The van der Waals surface area contributed by atoms with Gasteiger partial charge in [-0.3, -0.25) is 4.21 Å². The van der Waals surface area contributed by atoms with Gasteiger partial charge in [0.25, 0.3) is 0 Å². The van der Waals surface area contributed by atoms with Crippen molar-refractivity contribution in [3.63, 3.8) is 0 Å². The van der Waals surface area contributed by atoms with E-state index in [1.54, 1.807) is 24.3 Å². The minimum absolute atomic E-state index is 0.0937. The van der Waals surface area contributed by atoms with Crippen LogP contribution in [0, 0.1) is 0 Å². The molecule has 2 rings (SSSR count). The number of aromatic nitrogens is 2. The van der Waals surface area contributed by atoms with Gasteiger partial charge in [0.1, 0.15) is 11.4 Å². The van der Waals surface area contributed by atoms with Gasteiger partial charge in [0, 0.05) is 11.1 Å². The fraction of sp³-hybridized carbons (Fsp3) is 0.333. The number of esters is 2. The van der Waals surface area contributed by atoms with Crippen molar-refractivity contribution in [3.05, 3.63) is 53.6 Å².